The first-order valence-electron chi connectivity index (χ1n) is 6.82. The number of hydrogen-bond donors (Lipinski definition) is 2. The number of pyridine rings is 1. The lowest BCUT2D eigenvalue weighted by Crippen LogP contribution is -2.36. The SMILES string of the molecule is COc1ccc(NC(=O)C(=O)NCCc2ccccc2)cn1. The second kappa shape index (κ2) is 7.78. The molecule has 1 aromatic heterocycles. The third kappa shape index (κ3) is 4.59. The van der Waals surface area contributed by atoms with E-state index in [9.17, 15) is 9.59 Å². The van der Waals surface area contributed by atoms with Crippen molar-refractivity contribution in [2.45, 2.75) is 6.42 Å². The summed E-state index contributed by atoms with van der Waals surface area (Å²) < 4.78 is 4.91. The van der Waals surface area contributed by atoms with E-state index in [1.165, 1.54) is 13.3 Å². The summed E-state index contributed by atoms with van der Waals surface area (Å²) in [6.07, 6.45) is 2.10. The summed E-state index contributed by atoms with van der Waals surface area (Å²) in [4.78, 5) is 27.4. The van der Waals surface area contributed by atoms with Gasteiger partial charge in [-0.2, -0.15) is 0 Å². The molecule has 22 heavy (non-hydrogen) atoms. The second-order valence-corrected chi connectivity index (χ2v) is 4.53. The molecule has 0 aliphatic rings. The van der Waals surface area contributed by atoms with E-state index in [4.69, 9.17) is 4.74 Å². The first-order valence-corrected chi connectivity index (χ1v) is 6.82. The number of carbonyl (C=O) groups is 2. The Morgan fingerprint density at radius 1 is 1.09 bits per heavy atom. The maximum atomic E-state index is 11.7. The summed E-state index contributed by atoms with van der Waals surface area (Å²) in [5, 5.41) is 5.05. The van der Waals surface area contributed by atoms with Crippen LogP contribution in [0.5, 0.6) is 5.88 Å². The first kappa shape index (κ1) is 15.5. The Morgan fingerprint density at radius 2 is 1.86 bits per heavy atom. The summed E-state index contributed by atoms with van der Waals surface area (Å²) in [7, 11) is 1.50. The molecule has 0 bridgehead atoms. The smallest absolute Gasteiger partial charge is 0.313 e. The monoisotopic (exact) mass is 299 g/mol. The van der Waals surface area contributed by atoms with Crippen molar-refractivity contribution in [3.8, 4) is 5.88 Å². The Balaban J connectivity index is 1.78. The molecular weight excluding hydrogens is 282 g/mol. The van der Waals surface area contributed by atoms with Crippen LogP contribution >= 0.6 is 0 Å². The van der Waals surface area contributed by atoms with Crippen molar-refractivity contribution in [3.05, 3.63) is 54.2 Å². The lowest BCUT2D eigenvalue weighted by Gasteiger charge is -2.07. The lowest BCUT2D eigenvalue weighted by molar-refractivity contribution is -0.136. The molecule has 114 valence electrons. The Labute approximate surface area is 128 Å². The number of aromatic nitrogens is 1. The standard InChI is InChI=1S/C16H17N3O3/c1-22-14-8-7-13(11-18-14)19-16(21)15(20)17-10-9-12-5-3-2-4-6-12/h2-8,11H,9-10H2,1H3,(H,17,20)(H,19,21). The minimum atomic E-state index is -0.722. The molecule has 0 saturated heterocycles. The van der Waals surface area contributed by atoms with Crippen LogP contribution in [0.3, 0.4) is 0 Å². The van der Waals surface area contributed by atoms with Crippen LogP contribution in [-0.4, -0.2) is 30.5 Å². The zero-order valence-corrected chi connectivity index (χ0v) is 12.2. The Bertz CT molecular complexity index is 627. The van der Waals surface area contributed by atoms with Gasteiger partial charge in [-0.05, 0) is 18.1 Å². The van der Waals surface area contributed by atoms with E-state index in [1.807, 2.05) is 30.3 Å². The third-order valence-corrected chi connectivity index (χ3v) is 2.95. The van der Waals surface area contributed by atoms with Crippen LogP contribution in [-0.2, 0) is 16.0 Å². The molecule has 0 atom stereocenters. The van der Waals surface area contributed by atoms with Crippen molar-refractivity contribution < 1.29 is 14.3 Å². The summed E-state index contributed by atoms with van der Waals surface area (Å²) in [5.74, 6) is -0.961. The normalized spacial score (nSPS) is 9.86. The number of ether oxygens (including phenoxy) is 1. The Kier molecular flexibility index (Phi) is 5.48. The van der Waals surface area contributed by atoms with Gasteiger partial charge >= 0.3 is 11.8 Å². The van der Waals surface area contributed by atoms with Crippen LogP contribution in [0, 0.1) is 0 Å². The van der Waals surface area contributed by atoms with Gasteiger partial charge in [0.2, 0.25) is 5.88 Å². The number of methoxy groups -OCH3 is 1. The van der Waals surface area contributed by atoms with Crippen molar-refractivity contribution in [2.75, 3.05) is 19.0 Å². The largest absolute Gasteiger partial charge is 0.481 e. The van der Waals surface area contributed by atoms with Crippen LogP contribution in [0.25, 0.3) is 0 Å². The Morgan fingerprint density at radius 3 is 2.50 bits per heavy atom. The molecule has 0 saturated carbocycles. The average Bonchev–Trinajstić information content (AvgIpc) is 2.56. The van der Waals surface area contributed by atoms with Gasteiger partial charge in [0.25, 0.3) is 0 Å². The lowest BCUT2D eigenvalue weighted by atomic mass is 10.1. The number of amides is 2. The predicted molar refractivity (Wildman–Crippen MR) is 82.6 cm³/mol. The van der Waals surface area contributed by atoms with Crippen molar-refractivity contribution in [3.63, 3.8) is 0 Å². The molecule has 6 nitrogen and oxygen atoms in total. The van der Waals surface area contributed by atoms with Crippen molar-refractivity contribution in [1.29, 1.82) is 0 Å². The number of nitrogens with one attached hydrogen (secondary N) is 2. The van der Waals surface area contributed by atoms with Gasteiger partial charge in [-0.15, -0.1) is 0 Å². The molecule has 1 aromatic carbocycles. The molecular formula is C16H17N3O3. The van der Waals surface area contributed by atoms with E-state index >= 15 is 0 Å². The maximum Gasteiger partial charge on any atom is 0.313 e. The molecule has 0 aliphatic carbocycles. The summed E-state index contributed by atoms with van der Waals surface area (Å²) in [6.45, 7) is 0.400. The first-order chi connectivity index (χ1) is 10.7. The Hall–Kier alpha value is -2.89. The second-order valence-electron chi connectivity index (χ2n) is 4.53. The number of hydrogen-bond acceptors (Lipinski definition) is 4. The van der Waals surface area contributed by atoms with Crippen LogP contribution in [0.15, 0.2) is 48.7 Å². The average molecular weight is 299 g/mol. The molecule has 2 amide bonds. The fourth-order valence-electron chi connectivity index (χ4n) is 1.81. The van der Waals surface area contributed by atoms with Crippen LogP contribution in [0.1, 0.15) is 5.56 Å². The molecule has 6 heteroatoms. The van der Waals surface area contributed by atoms with Crippen LogP contribution in [0.4, 0.5) is 5.69 Å². The highest BCUT2D eigenvalue weighted by Crippen LogP contribution is 2.10. The van der Waals surface area contributed by atoms with Crippen LogP contribution in [0.2, 0.25) is 0 Å². The van der Waals surface area contributed by atoms with E-state index in [2.05, 4.69) is 15.6 Å². The molecule has 1 heterocycles. The van der Waals surface area contributed by atoms with E-state index in [-0.39, 0.29) is 0 Å². The van der Waals surface area contributed by atoms with Crippen molar-refractivity contribution >= 4 is 17.5 Å². The number of benzene rings is 1. The van der Waals surface area contributed by atoms with Gasteiger partial charge in [-0.25, -0.2) is 4.98 Å². The highest BCUT2D eigenvalue weighted by Gasteiger charge is 2.13. The maximum absolute atomic E-state index is 11.7. The number of carbonyl (C=O) groups excluding carboxylic acids is 2. The van der Waals surface area contributed by atoms with Gasteiger partial charge in [0.1, 0.15) is 0 Å². The third-order valence-electron chi connectivity index (χ3n) is 2.95. The quantitative estimate of drug-likeness (QED) is 0.818. The van der Waals surface area contributed by atoms with Gasteiger partial charge in [0.05, 0.1) is 19.0 Å². The molecule has 2 N–H and O–H groups in total. The molecule has 0 unspecified atom stereocenters. The minimum absolute atomic E-state index is 0.400. The molecule has 0 aliphatic heterocycles. The highest BCUT2D eigenvalue weighted by atomic mass is 16.5. The molecule has 0 radical (unpaired) electrons. The predicted octanol–water partition coefficient (Wildman–Crippen LogP) is 1.39. The number of rotatable bonds is 5. The minimum Gasteiger partial charge on any atom is -0.481 e. The van der Waals surface area contributed by atoms with E-state index in [1.54, 1.807) is 12.1 Å². The summed E-state index contributed by atoms with van der Waals surface area (Å²) in [6, 6.07) is 12.9. The van der Waals surface area contributed by atoms with Gasteiger partial charge < -0.3 is 15.4 Å². The fourth-order valence-corrected chi connectivity index (χ4v) is 1.81. The molecule has 0 fully saturated rings. The topological polar surface area (TPSA) is 80.3 Å². The fraction of sp³-hybridized carbons (Fsp3) is 0.188. The molecule has 2 rings (SSSR count). The van der Waals surface area contributed by atoms with Gasteiger partial charge in [0, 0.05) is 12.6 Å². The molecule has 0 spiro atoms. The van der Waals surface area contributed by atoms with Gasteiger partial charge in [0.15, 0.2) is 0 Å². The van der Waals surface area contributed by atoms with E-state index < -0.39 is 11.8 Å². The number of anilines is 1. The van der Waals surface area contributed by atoms with Crippen molar-refractivity contribution in [1.82, 2.24) is 10.3 Å². The van der Waals surface area contributed by atoms with E-state index in [0.29, 0.717) is 24.5 Å². The van der Waals surface area contributed by atoms with Gasteiger partial charge in [-0.1, -0.05) is 30.3 Å². The van der Waals surface area contributed by atoms with E-state index in [0.717, 1.165) is 5.56 Å². The van der Waals surface area contributed by atoms with Crippen molar-refractivity contribution in [2.24, 2.45) is 0 Å². The van der Waals surface area contributed by atoms with Gasteiger partial charge in [-0.3, -0.25) is 9.59 Å². The summed E-state index contributed by atoms with van der Waals surface area (Å²) in [5.41, 5.74) is 1.53. The zero-order chi connectivity index (χ0) is 15.8. The highest BCUT2D eigenvalue weighted by molar-refractivity contribution is 6.39. The summed E-state index contributed by atoms with van der Waals surface area (Å²) >= 11 is 0. The molecule has 2 aromatic rings. The van der Waals surface area contributed by atoms with Crippen LogP contribution < -0.4 is 15.4 Å². The zero-order valence-electron chi connectivity index (χ0n) is 12.2. The number of nitrogens with zero attached hydrogens (tertiary/aromatic N) is 1.